The fourth-order valence-electron chi connectivity index (χ4n) is 2.07. The third-order valence-corrected chi connectivity index (χ3v) is 3.75. The van der Waals surface area contributed by atoms with Gasteiger partial charge in [-0.05, 0) is 37.5 Å². The van der Waals surface area contributed by atoms with E-state index in [2.05, 4.69) is 48.5 Å². The summed E-state index contributed by atoms with van der Waals surface area (Å²) in [5.74, 6) is 2.17. The Morgan fingerprint density at radius 2 is 1.84 bits per heavy atom. The summed E-state index contributed by atoms with van der Waals surface area (Å²) in [5, 5.41) is 16.1. The molecule has 1 atom stereocenters. The Morgan fingerprint density at radius 1 is 1.20 bits per heavy atom. The number of benzene rings is 1. The smallest absolute Gasteiger partial charge is 0.191 e. The Bertz CT molecular complexity index is 524. The van der Waals surface area contributed by atoms with Crippen molar-refractivity contribution in [2.45, 2.75) is 47.6 Å². The van der Waals surface area contributed by atoms with Gasteiger partial charge in [-0.25, -0.2) is 0 Å². The average Bonchev–Trinajstić information content (AvgIpc) is 2.58. The molecule has 5 nitrogen and oxygen atoms in total. The molecule has 142 valence electrons. The second kappa shape index (κ2) is 10.3. The Balaban J connectivity index is 2.69. The van der Waals surface area contributed by atoms with Gasteiger partial charge in [-0.15, -0.1) is 0 Å². The van der Waals surface area contributed by atoms with Crippen LogP contribution in [0.5, 0.6) is 5.75 Å². The SMILES string of the molecule is CCNC(=NCC(C)(C)CO)NC(C)c1ccc(OCC(C)C)cc1. The third-order valence-electron chi connectivity index (χ3n) is 3.75. The molecule has 0 heterocycles. The molecule has 0 radical (unpaired) electrons. The van der Waals surface area contributed by atoms with Crippen molar-refractivity contribution in [1.82, 2.24) is 10.6 Å². The van der Waals surface area contributed by atoms with Gasteiger partial charge in [-0.2, -0.15) is 0 Å². The van der Waals surface area contributed by atoms with E-state index in [-0.39, 0.29) is 18.1 Å². The van der Waals surface area contributed by atoms with Crippen LogP contribution in [-0.4, -0.2) is 37.4 Å². The molecule has 1 aromatic rings. The van der Waals surface area contributed by atoms with Crippen molar-refractivity contribution in [3.63, 3.8) is 0 Å². The van der Waals surface area contributed by atoms with Gasteiger partial charge in [0.15, 0.2) is 5.96 Å². The van der Waals surface area contributed by atoms with Gasteiger partial charge in [0.05, 0.1) is 19.2 Å². The van der Waals surface area contributed by atoms with Gasteiger partial charge in [0.1, 0.15) is 5.75 Å². The number of rotatable bonds is 9. The topological polar surface area (TPSA) is 65.9 Å². The van der Waals surface area contributed by atoms with E-state index in [4.69, 9.17) is 4.74 Å². The molecule has 0 fully saturated rings. The molecule has 0 bridgehead atoms. The summed E-state index contributed by atoms with van der Waals surface area (Å²) in [7, 11) is 0. The quantitative estimate of drug-likeness (QED) is 0.472. The van der Waals surface area contributed by atoms with Crippen LogP contribution in [0.3, 0.4) is 0 Å². The van der Waals surface area contributed by atoms with Crippen molar-refractivity contribution in [1.29, 1.82) is 0 Å². The first-order chi connectivity index (χ1) is 11.8. The summed E-state index contributed by atoms with van der Waals surface area (Å²) in [6.07, 6.45) is 0. The van der Waals surface area contributed by atoms with Crippen LogP contribution < -0.4 is 15.4 Å². The molecule has 1 aromatic carbocycles. The Kier molecular flexibility index (Phi) is 8.76. The highest BCUT2D eigenvalue weighted by atomic mass is 16.5. The van der Waals surface area contributed by atoms with Gasteiger partial charge in [0.25, 0.3) is 0 Å². The molecule has 0 saturated carbocycles. The first-order valence-electron chi connectivity index (χ1n) is 9.16. The Hall–Kier alpha value is -1.75. The highest BCUT2D eigenvalue weighted by molar-refractivity contribution is 5.80. The Morgan fingerprint density at radius 3 is 2.36 bits per heavy atom. The van der Waals surface area contributed by atoms with Crippen LogP contribution in [0.25, 0.3) is 0 Å². The first-order valence-corrected chi connectivity index (χ1v) is 9.16. The summed E-state index contributed by atoms with van der Waals surface area (Å²) in [6, 6.07) is 8.29. The molecule has 3 N–H and O–H groups in total. The van der Waals surface area contributed by atoms with Gasteiger partial charge >= 0.3 is 0 Å². The number of ether oxygens (including phenoxy) is 1. The van der Waals surface area contributed by atoms with Crippen LogP contribution in [0.4, 0.5) is 0 Å². The van der Waals surface area contributed by atoms with Crippen LogP contribution in [0, 0.1) is 11.3 Å². The molecule has 0 aliphatic rings. The molecule has 25 heavy (non-hydrogen) atoms. The number of aliphatic imine (C=N–C) groups is 1. The first kappa shape index (κ1) is 21.3. The summed E-state index contributed by atoms with van der Waals surface area (Å²) >= 11 is 0. The van der Waals surface area contributed by atoms with E-state index in [1.54, 1.807) is 0 Å². The lowest BCUT2D eigenvalue weighted by Crippen LogP contribution is -2.39. The maximum absolute atomic E-state index is 9.38. The van der Waals surface area contributed by atoms with E-state index >= 15 is 0 Å². The van der Waals surface area contributed by atoms with Crippen LogP contribution in [0.15, 0.2) is 29.3 Å². The molecule has 0 aliphatic carbocycles. The van der Waals surface area contributed by atoms with E-state index < -0.39 is 0 Å². The molecule has 5 heteroatoms. The van der Waals surface area contributed by atoms with Crippen molar-refractivity contribution in [3.05, 3.63) is 29.8 Å². The second-order valence-corrected chi connectivity index (χ2v) is 7.66. The summed E-state index contributed by atoms with van der Waals surface area (Å²) in [6.45, 7) is 14.6. The van der Waals surface area contributed by atoms with Gasteiger partial charge in [0, 0.05) is 18.6 Å². The fraction of sp³-hybridized carbons (Fsp3) is 0.650. The maximum atomic E-state index is 9.38. The van der Waals surface area contributed by atoms with Crippen molar-refractivity contribution < 1.29 is 9.84 Å². The third kappa shape index (κ3) is 8.25. The lowest BCUT2D eigenvalue weighted by molar-refractivity contribution is 0.167. The van der Waals surface area contributed by atoms with Gasteiger partial charge in [0.2, 0.25) is 0 Å². The standard InChI is InChI=1S/C20H35N3O2/c1-7-21-19(22-13-20(5,6)14-24)23-16(4)17-8-10-18(11-9-17)25-12-15(2)3/h8-11,15-16,24H,7,12-14H2,1-6H3,(H2,21,22,23). The van der Waals surface area contributed by atoms with E-state index in [0.29, 0.717) is 12.5 Å². The van der Waals surface area contributed by atoms with Crippen molar-refractivity contribution in [2.24, 2.45) is 16.3 Å². The summed E-state index contributed by atoms with van der Waals surface area (Å²) in [5.41, 5.74) is 0.949. The lowest BCUT2D eigenvalue weighted by Gasteiger charge is -2.22. The minimum Gasteiger partial charge on any atom is -0.493 e. The highest BCUT2D eigenvalue weighted by Gasteiger charge is 2.16. The molecule has 0 aliphatic heterocycles. The predicted molar refractivity (Wildman–Crippen MR) is 105 cm³/mol. The normalized spacial score (nSPS) is 13.7. The monoisotopic (exact) mass is 349 g/mol. The largest absolute Gasteiger partial charge is 0.493 e. The van der Waals surface area contributed by atoms with E-state index in [1.807, 2.05) is 32.9 Å². The molecule has 0 amide bonds. The lowest BCUT2D eigenvalue weighted by atomic mass is 9.95. The zero-order valence-electron chi connectivity index (χ0n) is 16.6. The zero-order valence-corrected chi connectivity index (χ0v) is 16.6. The fourth-order valence-corrected chi connectivity index (χ4v) is 2.07. The average molecular weight is 350 g/mol. The van der Waals surface area contributed by atoms with Crippen molar-refractivity contribution in [3.8, 4) is 5.75 Å². The van der Waals surface area contributed by atoms with E-state index in [0.717, 1.165) is 24.9 Å². The van der Waals surface area contributed by atoms with Crippen molar-refractivity contribution in [2.75, 3.05) is 26.3 Å². The minimum absolute atomic E-state index is 0.114. The molecular formula is C20H35N3O2. The summed E-state index contributed by atoms with van der Waals surface area (Å²) in [4.78, 5) is 4.60. The molecule has 1 rings (SSSR count). The number of hydrogen-bond donors (Lipinski definition) is 3. The maximum Gasteiger partial charge on any atom is 0.191 e. The number of aliphatic hydroxyl groups excluding tert-OH is 1. The van der Waals surface area contributed by atoms with E-state index in [9.17, 15) is 5.11 Å². The van der Waals surface area contributed by atoms with Gasteiger partial charge in [-0.1, -0.05) is 39.8 Å². The molecule has 0 saturated heterocycles. The summed E-state index contributed by atoms with van der Waals surface area (Å²) < 4.78 is 5.73. The van der Waals surface area contributed by atoms with Crippen LogP contribution >= 0.6 is 0 Å². The van der Waals surface area contributed by atoms with Gasteiger partial charge < -0.3 is 20.5 Å². The highest BCUT2D eigenvalue weighted by Crippen LogP contribution is 2.18. The number of aliphatic hydroxyl groups is 1. The zero-order chi connectivity index (χ0) is 18.9. The molecule has 1 unspecified atom stereocenters. The van der Waals surface area contributed by atoms with Gasteiger partial charge in [-0.3, -0.25) is 4.99 Å². The number of nitrogens with zero attached hydrogens (tertiary/aromatic N) is 1. The second-order valence-electron chi connectivity index (χ2n) is 7.66. The van der Waals surface area contributed by atoms with Crippen LogP contribution in [0.2, 0.25) is 0 Å². The number of nitrogens with one attached hydrogen (secondary N) is 2. The Labute approximate surface area is 152 Å². The number of guanidine groups is 1. The molecule has 0 spiro atoms. The molecule has 0 aromatic heterocycles. The number of hydrogen-bond acceptors (Lipinski definition) is 3. The van der Waals surface area contributed by atoms with Crippen molar-refractivity contribution >= 4 is 5.96 Å². The van der Waals surface area contributed by atoms with Crippen LogP contribution in [0.1, 0.15) is 53.1 Å². The van der Waals surface area contributed by atoms with E-state index in [1.165, 1.54) is 5.56 Å². The molecular weight excluding hydrogens is 314 g/mol. The van der Waals surface area contributed by atoms with Crippen LogP contribution in [-0.2, 0) is 0 Å². The minimum atomic E-state index is -0.221. The predicted octanol–water partition coefficient (Wildman–Crippen LogP) is 3.36.